The highest BCUT2D eigenvalue weighted by Crippen LogP contribution is 2.32. The van der Waals surface area contributed by atoms with E-state index in [0.29, 0.717) is 34.8 Å². The maximum Gasteiger partial charge on any atom is 0.335 e. The second-order valence-corrected chi connectivity index (χ2v) is 6.68. The Labute approximate surface area is 145 Å². The van der Waals surface area contributed by atoms with E-state index in [9.17, 15) is 14.3 Å². The van der Waals surface area contributed by atoms with Crippen LogP contribution in [0, 0.1) is 12.7 Å². The van der Waals surface area contributed by atoms with Crippen molar-refractivity contribution in [2.75, 3.05) is 13.1 Å². The molecule has 1 aliphatic rings. The van der Waals surface area contributed by atoms with Gasteiger partial charge in [0.05, 0.1) is 5.56 Å². The first-order valence-corrected chi connectivity index (χ1v) is 8.33. The Morgan fingerprint density at radius 1 is 1.33 bits per heavy atom. The molecule has 2 aromatic rings. The number of benzene rings is 2. The van der Waals surface area contributed by atoms with Crippen LogP contribution in [0.5, 0.6) is 0 Å². The molecular weight excluding hydrogens is 329 g/mol. The van der Waals surface area contributed by atoms with Gasteiger partial charge in [0.1, 0.15) is 5.82 Å². The molecule has 0 saturated carbocycles. The Balaban J connectivity index is 1.78. The van der Waals surface area contributed by atoms with E-state index < -0.39 is 5.97 Å². The molecule has 0 spiro atoms. The van der Waals surface area contributed by atoms with Crippen molar-refractivity contribution >= 4 is 17.6 Å². The zero-order valence-electron chi connectivity index (χ0n) is 13.4. The minimum atomic E-state index is -0.906. The second kappa shape index (κ2) is 6.91. The van der Waals surface area contributed by atoms with Crippen molar-refractivity contribution in [1.29, 1.82) is 0 Å². The van der Waals surface area contributed by atoms with Crippen LogP contribution in [-0.2, 0) is 6.54 Å². The number of halogens is 2. The first-order valence-electron chi connectivity index (χ1n) is 7.95. The van der Waals surface area contributed by atoms with Gasteiger partial charge in [0, 0.05) is 23.7 Å². The summed E-state index contributed by atoms with van der Waals surface area (Å²) < 4.78 is 14.3. The molecule has 2 aromatic carbocycles. The van der Waals surface area contributed by atoms with E-state index >= 15 is 0 Å². The highest BCUT2D eigenvalue weighted by molar-refractivity contribution is 6.31. The molecule has 0 unspecified atom stereocenters. The number of rotatable bonds is 4. The van der Waals surface area contributed by atoms with E-state index in [1.54, 1.807) is 31.2 Å². The largest absolute Gasteiger partial charge is 0.478 e. The van der Waals surface area contributed by atoms with Crippen molar-refractivity contribution in [3.8, 4) is 0 Å². The number of hydrogen-bond acceptors (Lipinski definition) is 2. The molecule has 24 heavy (non-hydrogen) atoms. The van der Waals surface area contributed by atoms with E-state index in [0.717, 1.165) is 18.5 Å². The summed E-state index contributed by atoms with van der Waals surface area (Å²) in [6.07, 6.45) is 0.856. The molecular formula is C19H19ClFNO2. The number of likely N-dealkylation sites (tertiary alicyclic amines) is 1. The quantitative estimate of drug-likeness (QED) is 0.886. The molecule has 1 aliphatic heterocycles. The highest BCUT2D eigenvalue weighted by atomic mass is 35.5. The first-order chi connectivity index (χ1) is 11.5. The van der Waals surface area contributed by atoms with Crippen LogP contribution in [0.2, 0.25) is 5.02 Å². The number of aromatic carboxylic acids is 1. The predicted molar refractivity (Wildman–Crippen MR) is 92.2 cm³/mol. The average molecular weight is 348 g/mol. The smallest absolute Gasteiger partial charge is 0.335 e. The van der Waals surface area contributed by atoms with Crippen LogP contribution in [-0.4, -0.2) is 29.1 Å². The van der Waals surface area contributed by atoms with Gasteiger partial charge in [0.2, 0.25) is 0 Å². The van der Waals surface area contributed by atoms with Crippen LogP contribution in [0.25, 0.3) is 0 Å². The third-order valence-corrected chi connectivity index (χ3v) is 5.02. The molecule has 5 heteroatoms. The highest BCUT2D eigenvalue weighted by Gasteiger charge is 2.28. The fraction of sp³-hybridized carbons (Fsp3) is 0.316. The number of carboxylic acids is 1. The van der Waals surface area contributed by atoms with Gasteiger partial charge in [-0.25, -0.2) is 9.18 Å². The number of aryl methyl sites for hydroxylation is 1. The first kappa shape index (κ1) is 16.9. The Kier molecular flexibility index (Phi) is 4.88. The van der Waals surface area contributed by atoms with Gasteiger partial charge in [-0.3, -0.25) is 4.90 Å². The molecule has 3 rings (SSSR count). The van der Waals surface area contributed by atoms with Crippen molar-refractivity contribution in [2.45, 2.75) is 25.8 Å². The van der Waals surface area contributed by atoms with Crippen molar-refractivity contribution in [2.24, 2.45) is 0 Å². The number of carbonyl (C=O) groups is 1. The van der Waals surface area contributed by atoms with Crippen LogP contribution in [0.3, 0.4) is 0 Å². The molecule has 1 fully saturated rings. The van der Waals surface area contributed by atoms with Gasteiger partial charge in [-0.2, -0.15) is 0 Å². The van der Waals surface area contributed by atoms with Gasteiger partial charge in [-0.05, 0) is 49.1 Å². The lowest BCUT2D eigenvalue weighted by Gasteiger charge is -2.19. The average Bonchev–Trinajstić information content (AvgIpc) is 3.03. The van der Waals surface area contributed by atoms with Crippen LogP contribution < -0.4 is 0 Å². The normalized spacial score (nSPS) is 18.0. The Morgan fingerprint density at radius 3 is 2.83 bits per heavy atom. The van der Waals surface area contributed by atoms with Gasteiger partial charge >= 0.3 is 5.97 Å². The molecule has 3 nitrogen and oxygen atoms in total. The van der Waals surface area contributed by atoms with Gasteiger partial charge in [-0.1, -0.05) is 35.9 Å². The molecule has 1 N–H and O–H groups in total. The van der Waals surface area contributed by atoms with Crippen LogP contribution >= 0.6 is 11.6 Å². The Bertz CT molecular complexity index is 778. The molecule has 1 heterocycles. The number of nitrogens with zero attached hydrogens (tertiary/aromatic N) is 1. The third-order valence-electron chi connectivity index (χ3n) is 4.66. The fourth-order valence-corrected chi connectivity index (χ4v) is 3.57. The monoisotopic (exact) mass is 347 g/mol. The molecule has 1 saturated heterocycles. The van der Waals surface area contributed by atoms with Gasteiger partial charge in [-0.15, -0.1) is 0 Å². The fourth-order valence-electron chi connectivity index (χ4n) is 3.36. The zero-order chi connectivity index (χ0) is 17.3. The summed E-state index contributed by atoms with van der Waals surface area (Å²) in [4.78, 5) is 13.5. The topological polar surface area (TPSA) is 40.5 Å². The molecule has 0 aromatic heterocycles. The van der Waals surface area contributed by atoms with E-state index in [4.69, 9.17) is 11.6 Å². The summed E-state index contributed by atoms with van der Waals surface area (Å²) in [5.41, 5.74) is 2.30. The molecule has 0 aliphatic carbocycles. The summed E-state index contributed by atoms with van der Waals surface area (Å²) in [7, 11) is 0. The van der Waals surface area contributed by atoms with E-state index in [1.165, 1.54) is 0 Å². The van der Waals surface area contributed by atoms with E-state index in [2.05, 4.69) is 4.90 Å². The van der Waals surface area contributed by atoms with Crippen molar-refractivity contribution < 1.29 is 14.3 Å². The van der Waals surface area contributed by atoms with Gasteiger partial charge < -0.3 is 5.11 Å². The zero-order valence-corrected chi connectivity index (χ0v) is 14.2. The molecule has 126 valence electrons. The Hall–Kier alpha value is -1.91. The van der Waals surface area contributed by atoms with Crippen LogP contribution in [0.4, 0.5) is 4.39 Å². The maximum absolute atomic E-state index is 14.3. The lowest BCUT2D eigenvalue weighted by Crippen LogP contribution is -2.21. The standard InChI is InChI=1S/C19H19ClFNO2/c1-12-6-7-17(20)16(18(12)21)11-22-9-8-13(10-22)14-4-2-3-5-15(14)19(23)24/h2-7,13H,8-11H2,1H3,(H,23,24)/t13-/m1/s1. The Morgan fingerprint density at radius 2 is 2.08 bits per heavy atom. The SMILES string of the molecule is Cc1ccc(Cl)c(CN2CC[C@@H](c3ccccc3C(=O)O)C2)c1F. The summed E-state index contributed by atoms with van der Waals surface area (Å²) in [6, 6.07) is 10.5. The molecule has 0 bridgehead atoms. The van der Waals surface area contributed by atoms with Crippen molar-refractivity contribution in [3.63, 3.8) is 0 Å². The predicted octanol–water partition coefficient (Wildman–Crippen LogP) is 4.48. The minimum Gasteiger partial charge on any atom is -0.478 e. The molecule has 1 atom stereocenters. The summed E-state index contributed by atoms with van der Waals surface area (Å²) in [6.45, 7) is 3.67. The summed E-state index contributed by atoms with van der Waals surface area (Å²) >= 11 is 6.16. The number of hydrogen-bond donors (Lipinski definition) is 1. The van der Waals surface area contributed by atoms with E-state index in [1.807, 2.05) is 12.1 Å². The van der Waals surface area contributed by atoms with Gasteiger partial charge in [0.25, 0.3) is 0 Å². The third kappa shape index (κ3) is 3.30. The van der Waals surface area contributed by atoms with Crippen molar-refractivity contribution in [1.82, 2.24) is 4.90 Å². The minimum absolute atomic E-state index is 0.143. The summed E-state index contributed by atoms with van der Waals surface area (Å²) in [5.74, 6) is -1.02. The maximum atomic E-state index is 14.3. The number of carboxylic acid groups (broad SMARTS) is 1. The second-order valence-electron chi connectivity index (χ2n) is 6.27. The van der Waals surface area contributed by atoms with E-state index in [-0.39, 0.29) is 11.7 Å². The lowest BCUT2D eigenvalue weighted by atomic mass is 9.93. The van der Waals surface area contributed by atoms with Crippen LogP contribution in [0.1, 0.15) is 39.4 Å². The van der Waals surface area contributed by atoms with Gasteiger partial charge in [0.15, 0.2) is 0 Å². The molecule has 0 radical (unpaired) electrons. The summed E-state index contributed by atoms with van der Waals surface area (Å²) in [5, 5.41) is 9.79. The lowest BCUT2D eigenvalue weighted by molar-refractivity contribution is 0.0695. The molecule has 0 amide bonds. The van der Waals surface area contributed by atoms with Crippen LogP contribution in [0.15, 0.2) is 36.4 Å². The van der Waals surface area contributed by atoms with Crippen molar-refractivity contribution in [3.05, 3.63) is 69.5 Å².